The summed E-state index contributed by atoms with van der Waals surface area (Å²) in [5, 5.41) is 0. The van der Waals surface area contributed by atoms with Gasteiger partial charge in [-0.25, -0.2) is 4.79 Å². The number of hydrogen-bond acceptors (Lipinski definition) is 3. The lowest BCUT2D eigenvalue weighted by molar-refractivity contribution is 0.117. The maximum Gasteiger partial charge on any atom is 0.442 e. The Bertz CT molecular complexity index is 556. The van der Waals surface area contributed by atoms with E-state index < -0.39 is 22.8 Å². The molecule has 1 amide bonds. The van der Waals surface area contributed by atoms with E-state index in [0.717, 1.165) is 5.56 Å². The molecule has 3 atom stereocenters. The topological polar surface area (TPSA) is 55.7 Å². The van der Waals surface area contributed by atoms with Crippen molar-refractivity contribution in [2.45, 2.75) is 26.4 Å². The molecule has 0 aliphatic heterocycles. The molecule has 5 heteroatoms. The molecule has 1 rings (SSSR count). The van der Waals surface area contributed by atoms with E-state index in [0.29, 0.717) is 12.2 Å². The molecule has 0 saturated carbocycles. The van der Waals surface area contributed by atoms with Crippen molar-refractivity contribution in [2.75, 3.05) is 5.75 Å². The van der Waals surface area contributed by atoms with E-state index in [1.165, 1.54) is 0 Å². The molecule has 20 heavy (non-hydrogen) atoms. The molecule has 0 aliphatic carbocycles. The predicted molar refractivity (Wildman–Crippen MR) is 80.8 cm³/mol. The van der Waals surface area contributed by atoms with Crippen molar-refractivity contribution in [1.29, 1.82) is 0 Å². The van der Waals surface area contributed by atoms with Crippen LogP contribution < -0.4 is 0 Å². The highest BCUT2D eigenvalue weighted by atomic mass is 32.2. The lowest BCUT2D eigenvalue weighted by Gasteiger charge is -2.11. The highest BCUT2D eigenvalue weighted by Crippen LogP contribution is 2.16. The molecular formula is C15H19NO3S. The summed E-state index contributed by atoms with van der Waals surface area (Å²) in [5.74, 6) is 2.87. The smallest absolute Gasteiger partial charge is 0.440 e. The first-order chi connectivity index (χ1) is 9.52. The average Bonchev–Trinajstić information content (AvgIpc) is 2.39. The summed E-state index contributed by atoms with van der Waals surface area (Å²) in [6.07, 6.45) is 4.48. The molecule has 0 radical (unpaired) electrons. The molecule has 0 bridgehead atoms. The first kappa shape index (κ1) is 16.3. The largest absolute Gasteiger partial charge is 0.442 e. The number of thiol groups is 1. The Balaban J connectivity index is 2.55. The monoisotopic (exact) mass is 293 g/mol. The van der Waals surface area contributed by atoms with Gasteiger partial charge in [0.25, 0.3) is 0 Å². The standard InChI is InChI=1S/C15H19NO3S/c1-4-8-12(2)11-20(18)16-15(17)19-13(3)14-9-6-5-7-10-14/h1,5-7,9-10,12-13,20H,8,11H2,2-3H3/t12-,13-/m0/s1. The van der Waals surface area contributed by atoms with Crippen molar-refractivity contribution < 1.29 is 13.7 Å². The first-order valence-corrected chi connectivity index (χ1v) is 7.78. The van der Waals surface area contributed by atoms with E-state index in [1.54, 1.807) is 6.92 Å². The van der Waals surface area contributed by atoms with Gasteiger partial charge in [0.15, 0.2) is 0 Å². The number of carbonyl (C=O) groups excluding carboxylic acids is 1. The molecule has 0 fully saturated rings. The van der Waals surface area contributed by atoms with Crippen LogP contribution in [0.4, 0.5) is 4.79 Å². The van der Waals surface area contributed by atoms with Crippen LogP contribution in [0, 0.1) is 18.3 Å². The maximum atomic E-state index is 11.7. The lowest BCUT2D eigenvalue weighted by Crippen LogP contribution is -2.07. The summed E-state index contributed by atoms with van der Waals surface area (Å²) >= 11 is 0. The summed E-state index contributed by atoms with van der Waals surface area (Å²) in [6, 6.07) is 9.31. The van der Waals surface area contributed by atoms with Crippen LogP contribution in [0.15, 0.2) is 34.7 Å². The summed E-state index contributed by atoms with van der Waals surface area (Å²) in [6.45, 7) is 3.62. The van der Waals surface area contributed by atoms with Crippen molar-refractivity contribution in [1.82, 2.24) is 0 Å². The zero-order chi connectivity index (χ0) is 15.0. The lowest BCUT2D eigenvalue weighted by atomic mass is 10.1. The third kappa shape index (κ3) is 5.89. The first-order valence-electron chi connectivity index (χ1n) is 6.38. The van der Waals surface area contributed by atoms with Crippen LogP contribution in [-0.2, 0) is 15.3 Å². The van der Waals surface area contributed by atoms with E-state index >= 15 is 0 Å². The molecule has 1 aromatic rings. The molecule has 4 nitrogen and oxygen atoms in total. The van der Waals surface area contributed by atoms with Gasteiger partial charge >= 0.3 is 6.09 Å². The number of hydrogen-bond donors (Lipinski definition) is 1. The molecule has 0 saturated heterocycles. The second-order valence-electron chi connectivity index (χ2n) is 4.58. The fourth-order valence-corrected chi connectivity index (χ4v) is 2.60. The van der Waals surface area contributed by atoms with Gasteiger partial charge in [-0.3, -0.25) is 4.21 Å². The summed E-state index contributed by atoms with van der Waals surface area (Å²) in [4.78, 5) is 11.6. The molecule has 1 aromatic carbocycles. The Morgan fingerprint density at radius 3 is 2.65 bits per heavy atom. The molecule has 0 aromatic heterocycles. The minimum Gasteiger partial charge on any atom is -0.440 e. The Kier molecular flexibility index (Phi) is 6.82. The van der Waals surface area contributed by atoms with Gasteiger partial charge in [0.2, 0.25) is 0 Å². The Labute approximate surface area is 121 Å². The van der Waals surface area contributed by atoms with Crippen LogP contribution in [0.2, 0.25) is 0 Å². The zero-order valence-corrected chi connectivity index (χ0v) is 12.5. The molecule has 108 valence electrons. The Morgan fingerprint density at radius 1 is 1.40 bits per heavy atom. The number of carbonyl (C=O) groups is 1. The van der Waals surface area contributed by atoms with Crippen LogP contribution in [0.1, 0.15) is 31.9 Å². The zero-order valence-electron chi connectivity index (χ0n) is 11.7. The number of terminal acetylenes is 1. The van der Waals surface area contributed by atoms with Crippen molar-refractivity contribution >= 4 is 16.7 Å². The maximum absolute atomic E-state index is 11.7. The summed E-state index contributed by atoms with van der Waals surface area (Å²) in [7, 11) is -1.97. The quantitative estimate of drug-likeness (QED) is 0.670. The minimum absolute atomic E-state index is 0.0757. The van der Waals surface area contributed by atoms with Crippen molar-refractivity contribution in [3.63, 3.8) is 0 Å². The fraction of sp³-hybridized carbons (Fsp3) is 0.400. The van der Waals surface area contributed by atoms with E-state index in [-0.39, 0.29) is 5.92 Å². The highest BCUT2D eigenvalue weighted by molar-refractivity contribution is 7.75. The van der Waals surface area contributed by atoms with Gasteiger partial charge in [-0.2, -0.15) is 0 Å². The van der Waals surface area contributed by atoms with Crippen molar-refractivity contribution in [3.05, 3.63) is 35.9 Å². The van der Waals surface area contributed by atoms with Crippen LogP contribution in [0.3, 0.4) is 0 Å². The van der Waals surface area contributed by atoms with E-state index in [9.17, 15) is 9.00 Å². The van der Waals surface area contributed by atoms with Gasteiger partial charge < -0.3 is 4.74 Å². The predicted octanol–water partition coefficient (Wildman–Crippen LogP) is 3.21. The van der Waals surface area contributed by atoms with Crippen LogP contribution in [0.25, 0.3) is 0 Å². The highest BCUT2D eigenvalue weighted by Gasteiger charge is 2.11. The minimum atomic E-state index is -1.97. The van der Waals surface area contributed by atoms with Gasteiger partial charge in [0, 0.05) is 22.8 Å². The van der Waals surface area contributed by atoms with Crippen LogP contribution in [0.5, 0.6) is 0 Å². The third-order valence-corrected chi connectivity index (χ3v) is 4.00. The van der Waals surface area contributed by atoms with Gasteiger partial charge in [-0.05, 0) is 18.4 Å². The van der Waals surface area contributed by atoms with Gasteiger partial charge in [0.05, 0.1) is 0 Å². The second kappa shape index (κ2) is 8.39. The Morgan fingerprint density at radius 2 is 2.05 bits per heavy atom. The molecule has 1 unspecified atom stereocenters. The van der Waals surface area contributed by atoms with Gasteiger partial charge in [-0.15, -0.1) is 16.7 Å². The van der Waals surface area contributed by atoms with E-state index in [1.807, 2.05) is 37.3 Å². The number of benzene rings is 1. The molecule has 0 N–H and O–H groups in total. The molecular weight excluding hydrogens is 274 g/mol. The molecule has 0 spiro atoms. The van der Waals surface area contributed by atoms with Crippen LogP contribution in [-0.4, -0.2) is 16.1 Å². The molecule has 0 heterocycles. The number of nitrogens with zero attached hydrogens (tertiary/aromatic N) is 1. The van der Waals surface area contributed by atoms with Gasteiger partial charge in [0.1, 0.15) is 6.10 Å². The second-order valence-corrected chi connectivity index (χ2v) is 5.85. The van der Waals surface area contributed by atoms with Crippen LogP contribution >= 0.6 is 0 Å². The summed E-state index contributed by atoms with van der Waals surface area (Å²) < 4.78 is 20.3. The summed E-state index contributed by atoms with van der Waals surface area (Å²) in [5.41, 5.74) is 0.868. The van der Waals surface area contributed by atoms with E-state index in [4.69, 9.17) is 11.2 Å². The van der Waals surface area contributed by atoms with Gasteiger partial charge in [-0.1, -0.05) is 37.3 Å². The van der Waals surface area contributed by atoms with Crippen molar-refractivity contribution in [2.24, 2.45) is 10.3 Å². The third-order valence-electron chi connectivity index (χ3n) is 2.67. The average molecular weight is 293 g/mol. The normalized spacial score (nSPS) is 15.1. The number of amides is 1. The number of ether oxygens (including phenoxy) is 1. The Hall–Kier alpha value is -1.80. The van der Waals surface area contributed by atoms with Crippen molar-refractivity contribution in [3.8, 4) is 12.3 Å². The molecule has 0 aliphatic rings. The SMILES string of the molecule is C#CC[C@H](C)C/[SH](=O)=N/C(=O)O[C@@H](C)c1ccccc1. The fourth-order valence-electron chi connectivity index (χ4n) is 1.63. The number of rotatable bonds is 5. The van der Waals surface area contributed by atoms with E-state index in [2.05, 4.69) is 10.3 Å².